The smallest absolute Gasteiger partial charge is 0.336 e. The molecule has 0 heterocycles. The van der Waals surface area contributed by atoms with Gasteiger partial charge in [-0.1, -0.05) is 13.0 Å². The molecule has 20 heavy (non-hydrogen) atoms. The Kier molecular flexibility index (Phi) is 4.87. The summed E-state index contributed by atoms with van der Waals surface area (Å²) in [6.45, 7) is 6.85. The van der Waals surface area contributed by atoms with E-state index < -0.39 is 23.4 Å². The third-order valence-corrected chi connectivity index (χ3v) is 2.66. The first-order chi connectivity index (χ1) is 9.15. The first kappa shape index (κ1) is 16.1. The molecule has 0 aliphatic rings. The molecular formula is C15H19FO4. The van der Waals surface area contributed by atoms with Crippen LogP contribution in [0.2, 0.25) is 0 Å². The topological polar surface area (TPSA) is 63.6 Å². The zero-order valence-electron chi connectivity index (χ0n) is 12.1. The van der Waals surface area contributed by atoms with Crippen LogP contribution < -0.4 is 0 Å². The van der Waals surface area contributed by atoms with Gasteiger partial charge in [0.05, 0.1) is 12.0 Å². The second-order valence-corrected chi connectivity index (χ2v) is 5.49. The molecule has 0 unspecified atom stereocenters. The Morgan fingerprint density at radius 2 is 1.90 bits per heavy atom. The first-order valence-electron chi connectivity index (χ1n) is 6.41. The summed E-state index contributed by atoms with van der Waals surface area (Å²) in [5.74, 6) is -2.36. The summed E-state index contributed by atoms with van der Waals surface area (Å²) >= 11 is 0. The van der Waals surface area contributed by atoms with Crippen LogP contribution in [0, 0.1) is 5.82 Å². The highest BCUT2D eigenvalue weighted by Gasteiger charge is 2.21. The number of hydrogen-bond donors (Lipinski definition) is 1. The number of hydrogen-bond acceptors (Lipinski definition) is 3. The molecule has 0 aromatic heterocycles. The van der Waals surface area contributed by atoms with Crippen LogP contribution in [-0.4, -0.2) is 22.6 Å². The maximum absolute atomic E-state index is 14.2. The van der Waals surface area contributed by atoms with Crippen molar-refractivity contribution in [1.82, 2.24) is 0 Å². The van der Waals surface area contributed by atoms with Crippen molar-refractivity contribution >= 4 is 11.9 Å². The van der Waals surface area contributed by atoms with Crippen LogP contribution in [0.25, 0.3) is 0 Å². The van der Waals surface area contributed by atoms with E-state index in [9.17, 15) is 14.0 Å². The quantitative estimate of drug-likeness (QED) is 0.862. The number of esters is 1. The van der Waals surface area contributed by atoms with Gasteiger partial charge in [-0.15, -0.1) is 0 Å². The Bertz CT molecular complexity index is 529. The van der Waals surface area contributed by atoms with Gasteiger partial charge in [-0.3, -0.25) is 4.79 Å². The van der Waals surface area contributed by atoms with E-state index >= 15 is 0 Å². The molecule has 0 aliphatic heterocycles. The minimum Gasteiger partial charge on any atom is -0.478 e. The van der Waals surface area contributed by atoms with Crippen molar-refractivity contribution in [3.63, 3.8) is 0 Å². The third kappa shape index (κ3) is 4.05. The van der Waals surface area contributed by atoms with E-state index in [2.05, 4.69) is 0 Å². The Hall–Kier alpha value is -1.91. The SMILES string of the molecule is CCc1c(C(=O)O)ccc(CC(=O)OC(C)(C)C)c1F. The summed E-state index contributed by atoms with van der Waals surface area (Å²) in [6.07, 6.45) is 0.0334. The fourth-order valence-electron chi connectivity index (χ4n) is 1.89. The van der Waals surface area contributed by atoms with E-state index in [0.29, 0.717) is 0 Å². The van der Waals surface area contributed by atoms with Crippen molar-refractivity contribution in [2.24, 2.45) is 0 Å². The van der Waals surface area contributed by atoms with Gasteiger partial charge in [0.15, 0.2) is 0 Å². The van der Waals surface area contributed by atoms with Crippen LogP contribution in [0.5, 0.6) is 0 Å². The van der Waals surface area contributed by atoms with Gasteiger partial charge >= 0.3 is 11.9 Å². The van der Waals surface area contributed by atoms with Gasteiger partial charge in [0.25, 0.3) is 0 Å². The van der Waals surface area contributed by atoms with Crippen LogP contribution in [-0.2, 0) is 22.4 Å². The number of carbonyl (C=O) groups excluding carboxylic acids is 1. The molecule has 0 radical (unpaired) electrons. The summed E-state index contributed by atoms with van der Waals surface area (Å²) < 4.78 is 19.3. The van der Waals surface area contributed by atoms with Gasteiger partial charge in [-0.25, -0.2) is 9.18 Å². The minimum atomic E-state index is -1.18. The van der Waals surface area contributed by atoms with Crippen molar-refractivity contribution in [2.75, 3.05) is 0 Å². The van der Waals surface area contributed by atoms with Gasteiger partial charge in [0.2, 0.25) is 0 Å². The molecule has 1 N–H and O–H groups in total. The maximum Gasteiger partial charge on any atom is 0.336 e. The van der Waals surface area contributed by atoms with E-state index in [1.165, 1.54) is 12.1 Å². The van der Waals surface area contributed by atoms with Crippen LogP contribution in [0.3, 0.4) is 0 Å². The van der Waals surface area contributed by atoms with Gasteiger partial charge in [-0.05, 0) is 38.8 Å². The van der Waals surface area contributed by atoms with E-state index in [4.69, 9.17) is 9.84 Å². The summed E-state index contributed by atoms with van der Waals surface area (Å²) in [6, 6.07) is 2.64. The Balaban J connectivity index is 3.04. The number of carboxylic acid groups (broad SMARTS) is 1. The molecule has 0 saturated heterocycles. The lowest BCUT2D eigenvalue weighted by atomic mass is 9.99. The molecule has 5 heteroatoms. The first-order valence-corrected chi connectivity index (χ1v) is 6.41. The van der Waals surface area contributed by atoms with Crippen LogP contribution in [0.1, 0.15) is 49.2 Å². The summed E-state index contributed by atoms with van der Waals surface area (Å²) in [4.78, 5) is 22.7. The van der Waals surface area contributed by atoms with Crippen LogP contribution >= 0.6 is 0 Å². The second-order valence-electron chi connectivity index (χ2n) is 5.49. The van der Waals surface area contributed by atoms with Crippen molar-refractivity contribution < 1.29 is 23.8 Å². The van der Waals surface area contributed by atoms with Gasteiger partial charge in [0.1, 0.15) is 11.4 Å². The number of halogens is 1. The monoisotopic (exact) mass is 282 g/mol. The largest absolute Gasteiger partial charge is 0.478 e. The van der Waals surface area contributed by atoms with Crippen molar-refractivity contribution in [1.29, 1.82) is 0 Å². The lowest BCUT2D eigenvalue weighted by Gasteiger charge is -2.19. The van der Waals surface area contributed by atoms with E-state index in [-0.39, 0.29) is 29.5 Å². The van der Waals surface area contributed by atoms with E-state index in [1.54, 1.807) is 27.7 Å². The van der Waals surface area contributed by atoms with Crippen molar-refractivity contribution in [3.8, 4) is 0 Å². The maximum atomic E-state index is 14.2. The Morgan fingerprint density at radius 1 is 1.30 bits per heavy atom. The molecular weight excluding hydrogens is 263 g/mol. The molecule has 0 aliphatic carbocycles. The number of carboxylic acids is 1. The summed E-state index contributed by atoms with van der Waals surface area (Å²) in [5, 5.41) is 8.99. The molecule has 1 aromatic rings. The number of rotatable bonds is 4. The number of ether oxygens (including phenoxy) is 1. The van der Waals surface area contributed by atoms with Gasteiger partial charge in [-0.2, -0.15) is 0 Å². The summed E-state index contributed by atoms with van der Waals surface area (Å²) in [7, 11) is 0. The molecule has 110 valence electrons. The fourth-order valence-corrected chi connectivity index (χ4v) is 1.89. The molecule has 0 bridgehead atoms. The lowest BCUT2D eigenvalue weighted by Crippen LogP contribution is -2.25. The highest BCUT2D eigenvalue weighted by atomic mass is 19.1. The summed E-state index contributed by atoms with van der Waals surface area (Å²) in [5.41, 5.74) is -0.445. The normalized spacial score (nSPS) is 11.2. The Labute approximate surface area is 117 Å². The van der Waals surface area contributed by atoms with E-state index in [1.807, 2.05) is 0 Å². The highest BCUT2D eigenvalue weighted by Crippen LogP contribution is 2.20. The number of carbonyl (C=O) groups is 2. The molecule has 1 aromatic carbocycles. The molecule has 0 spiro atoms. The van der Waals surface area contributed by atoms with Gasteiger partial charge < -0.3 is 9.84 Å². The molecule has 0 fully saturated rings. The molecule has 0 amide bonds. The molecule has 0 atom stereocenters. The fraction of sp³-hybridized carbons (Fsp3) is 0.467. The molecule has 1 rings (SSSR count). The zero-order valence-corrected chi connectivity index (χ0v) is 12.1. The van der Waals surface area contributed by atoms with E-state index in [0.717, 1.165) is 0 Å². The van der Waals surface area contributed by atoms with Crippen LogP contribution in [0.4, 0.5) is 4.39 Å². The minimum absolute atomic E-state index is 0.0714. The third-order valence-electron chi connectivity index (χ3n) is 2.66. The average molecular weight is 282 g/mol. The average Bonchev–Trinajstić information content (AvgIpc) is 2.28. The van der Waals surface area contributed by atoms with Gasteiger partial charge in [0, 0.05) is 5.56 Å². The lowest BCUT2D eigenvalue weighted by molar-refractivity contribution is -0.153. The van der Waals surface area contributed by atoms with Crippen molar-refractivity contribution in [2.45, 2.75) is 46.1 Å². The Morgan fingerprint density at radius 3 is 2.35 bits per heavy atom. The highest BCUT2D eigenvalue weighted by molar-refractivity contribution is 5.89. The zero-order chi connectivity index (χ0) is 15.5. The molecule has 4 nitrogen and oxygen atoms in total. The molecule has 0 saturated carbocycles. The predicted molar refractivity (Wildman–Crippen MR) is 72.3 cm³/mol. The second kappa shape index (κ2) is 6.03. The predicted octanol–water partition coefficient (Wildman–Crippen LogP) is 2.97. The van der Waals surface area contributed by atoms with Crippen LogP contribution in [0.15, 0.2) is 12.1 Å². The standard InChI is InChI=1S/C15H19FO4/c1-5-10-11(14(18)19)7-6-9(13(10)16)8-12(17)20-15(2,3)4/h6-7H,5,8H2,1-4H3,(H,18,19). The number of benzene rings is 1. The van der Waals surface area contributed by atoms with Crippen molar-refractivity contribution in [3.05, 3.63) is 34.6 Å². The number of aromatic carboxylic acids is 1.